The molecule has 0 unspecified atom stereocenters. The minimum Gasteiger partial charge on any atom is -0.197 e. The van der Waals surface area contributed by atoms with E-state index in [4.69, 9.17) is 0 Å². The summed E-state index contributed by atoms with van der Waals surface area (Å²) >= 11 is 0. The molecule has 0 amide bonds. The summed E-state index contributed by atoms with van der Waals surface area (Å²) in [5.41, 5.74) is 2.61. The number of hydrogen-bond donors (Lipinski definition) is 2. The van der Waals surface area contributed by atoms with Gasteiger partial charge in [-0.1, -0.05) is 0 Å². The van der Waals surface area contributed by atoms with Crippen molar-refractivity contribution in [3.8, 4) is 22.8 Å². The lowest BCUT2D eigenvalue weighted by atomic mass is 10.2. The summed E-state index contributed by atoms with van der Waals surface area (Å²) in [5.74, 6) is 0. The van der Waals surface area contributed by atoms with E-state index in [1.54, 1.807) is 24.5 Å². The van der Waals surface area contributed by atoms with E-state index < -0.39 is 0 Å². The first-order valence-corrected chi connectivity index (χ1v) is 4.49. The molecule has 3 aromatic heterocycles. The molecule has 3 aromatic rings. The van der Waals surface area contributed by atoms with E-state index in [-0.39, 0.29) is 0 Å². The average molecular weight is 214 g/mol. The predicted molar refractivity (Wildman–Crippen MR) is 52.8 cm³/mol. The summed E-state index contributed by atoms with van der Waals surface area (Å²) in [6.07, 6.45) is 3.17. The summed E-state index contributed by atoms with van der Waals surface area (Å²) in [4.78, 5) is 0. The fourth-order valence-electron chi connectivity index (χ4n) is 1.26. The highest BCUT2D eigenvalue weighted by molar-refractivity contribution is 5.57. The van der Waals surface area contributed by atoms with Crippen LogP contribution in [0.15, 0.2) is 24.5 Å². The molecular formula is C8H6N8. The van der Waals surface area contributed by atoms with E-state index in [9.17, 15) is 0 Å². The standard InChI is InChI=1S/C8H6N8/c1-2-6(8-4-10-16-14-8)12-11-5(1)7-3-9-15-13-7/h1-4H,(H,9,13,15)(H,10,14,16). The first-order valence-electron chi connectivity index (χ1n) is 4.49. The van der Waals surface area contributed by atoms with E-state index in [1.807, 2.05) is 0 Å². The summed E-state index contributed by atoms with van der Waals surface area (Å²) in [6, 6.07) is 3.60. The second kappa shape index (κ2) is 3.50. The Balaban J connectivity index is 1.97. The average Bonchev–Trinajstić information content (AvgIpc) is 3.03. The first kappa shape index (κ1) is 8.65. The molecule has 2 N–H and O–H groups in total. The molecule has 0 atom stereocenters. The molecule has 0 aliphatic heterocycles. The number of hydrogen-bond acceptors (Lipinski definition) is 6. The minimum atomic E-state index is 0.652. The van der Waals surface area contributed by atoms with Gasteiger partial charge in [0.2, 0.25) is 0 Å². The van der Waals surface area contributed by atoms with Crippen LogP contribution in [0.5, 0.6) is 0 Å². The number of aromatic nitrogens is 8. The van der Waals surface area contributed by atoms with Gasteiger partial charge in [-0.25, -0.2) is 0 Å². The summed E-state index contributed by atoms with van der Waals surface area (Å²) in [5, 5.41) is 28.3. The van der Waals surface area contributed by atoms with Crippen LogP contribution in [0.25, 0.3) is 22.8 Å². The molecule has 0 aliphatic rings. The van der Waals surface area contributed by atoms with Gasteiger partial charge in [0.1, 0.15) is 22.8 Å². The first-order chi connectivity index (χ1) is 7.93. The van der Waals surface area contributed by atoms with Gasteiger partial charge in [-0.2, -0.15) is 30.8 Å². The number of aromatic amines is 2. The second-order valence-electron chi connectivity index (χ2n) is 3.01. The molecule has 0 fully saturated rings. The van der Waals surface area contributed by atoms with Crippen LogP contribution in [0.3, 0.4) is 0 Å². The number of H-pyrrole nitrogens is 2. The number of nitrogens with zero attached hydrogens (tertiary/aromatic N) is 6. The van der Waals surface area contributed by atoms with Crippen molar-refractivity contribution >= 4 is 0 Å². The maximum absolute atomic E-state index is 4.02. The fourth-order valence-corrected chi connectivity index (χ4v) is 1.26. The van der Waals surface area contributed by atoms with Gasteiger partial charge < -0.3 is 0 Å². The topological polar surface area (TPSA) is 109 Å². The molecule has 8 nitrogen and oxygen atoms in total. The zero-order chi connectivity index (χ0) is 10.8. The van der Waals surface area contributed by atoms with Crippen molar-refractivity contribution in [3.05, 3.63) is 24.5 Å². The monoisotopic (exact) mass is 214 g/mol. The lowest BCUT2D eigenvalue weighted by molar-refractivity contribution is 0.932. The maximum atomic E-state index is 4.02. The van der Waals surface area contributed by atoms with Crippen LogP contribution in [0.2, 0.25) is 0 Å². The van der Waals surface area contributed by atoms with Crippen molar-refractivity contribution in [2.24, 2.45) is 0 Å². The van der Waals surface area contributed by atoms with Gasteiger partial charge in [0, 0.05) is 0 Å². The predicted octanol–water partition coefficient (Wildman–Crippen LogP) is 0.0468. The van der Waals surface area contributed by atoms with E-state index in [1.165, 1.54) is 0 Å². The van der Waals surface area contributed by atoms with Gasteiger partial charge >= 0.3 is 0 Å². The summed E-state index contributed by atoms with van der Waals surface area (Å²) < 4.78 is 0. The summed E-state index contributed by atoms with van der Waals surface area (Å²) in [7, 11) is 0. The highest BCUT2D eigenvalue weighted by Crippen LogP contribution is 2.15. The van der Waals surface area contributed by atoms with Crippen molar-refractivity contribution in [1.29, 1.82) is 0 Å². The van der Waals surface area contributed by atoms with E-state index >= 15 is 0 Å². The van der Waals surface area contributed by atoms with Crippen molar-refractivity contribution in [3.63, 3.8) is 0 Å². The van der Waals surface area contributed by atoms with Crippen LogP contribution in [-0.2, 0) is 0 Å². The SMILES string of the molecule is c1cc(-c2cn[nH]n2)nnc1-c1cn[nH]n1. The van der Waals surface area contributed by atoms with Gasteiger partial charge in [-0.15, -0.1) is 10.2 Å². The van der Waals surface area contributed by atoms with Crippen LogP contribution >= 0.6 is 0 Å². The Morgan fingerprint density at radius 1 is 0.688 bits per heavy atom. The molecule has 0 saturated heterocycles. The highest BCUT2D eigenvalue weighted by atomic mass is 15.3. The molecule has 0 spiro atoms. The molecule has 0 aliphatic carbocycles. The van der Waals surface area contributed by atoms with Crippen LogP contribution in [0.1, 0.15) is 0 Å². The molecule has 78 valence electrons. The Labute approximate surface area is 89.1 Å². The van der Waals surface area contributed by atoms with Crippen LogP contribution in [0, 0.1) is 0 Å². The minimum absolute atomic E-state index is 0.652. The zero-order valence-electron chi connectivity index (χ0n) is 7.99. The van der Waals surface area contributed by atoms with Crippen molar-refractivity contribution in [2.75, 3.05) is 0 Å². The second-order valence-corrected chi connectivity index (χ2v) is 3.01. The van der Waals surface area contributed by atoms with Gasteiger partial charge in [0.05, 0.1) is 12.4 Å². The van der Waals surface area contributed by atoms with E-state index in [0.717, 1.165) is 0 Å². The molecule has 0 saturated carbocycles. The smallest absolute Gasteiger partial charge is 0.133 e. The quantitative estimate of drug-likeness (QED) is 0.623. The van der Waals surface area contributed by atoms with E-state index in [0.29, 0.717) is 22.8 Å². The Kier molecular flexibility index (Phi) is 1.89. The zero-order valence-corrected chi connectivity index (χ0v) is 7.99. The molecule has 3 rings (SSSR count). The maximum Gasteiger partial charge on any atom is 0.133 e. The molecular weight excluding hydrogens is 208 g/mol. The molecule has 16 heavy (non-hydrogen) atoms. The van der Waals surface area contributed by atoms with Gasteiger partial charge in [-0.3, -0.25) is 0 Å². The molecule has 0 bridgehead atoms. The van der Waals surface area contributed by atoms with Crippen LogP contribution in [-0.4, -0.2) is 41.0 Å². The third-order valence-electron chi connectivity index (χ3n) is 2.02. The fraction of sp³-hybridized carbons (Fsp3) is 0. The van der Waals surface area contributed by atoms with Gasteiger partial charge in [-0.05, 0) is 12.1 Å². The Bertz CT molecular complexity index is 499. The highest BCUT2D eigenvalue weighted by Gasteiger charge is 2.06. The Hall–Kier alpha value is -2.64. The van der Waals surface area contributed by atoms with Crippen LogP contribution < -0.4 is 0 Å². The lowest BCUT2D eigenvalue weighted by Gasteiger charge is -1.95. The third kappa shape index (κ3) is 1.41. The molecule has 0 radical (unpaired) electrons. The summed E-state index contributed by atoms with van der Waals surface area (Å²) in [6.45, 7) is 0. The number of nitrogens with one attached hydrogen (secondary N) is 2. The van der Waals surface area contributed by atoms with Crippen molar-refractivity contribution in [1.82, 2.24) is 41.0 Å². The van der Waals surface area contributed by atoms with Crippen molar-refractivity contribution < 1.29 is 0 Å². The Morgan fingerprint density at radius 2 is 1.19 bits per heavy atom. The van der Waals surface area contributed by atoms with Gasteiger partial charge in [0.15, 0.2) is 0 Å². The Morgan fingerprint density at radius 3 is 1.50 bits per heavy atom. The van der Waals surface area contributed by atoms with Crippen LogP contribution in [0.4, 0.5) is 0 Å². The molecule has 3 heterocycles. The normalized spacial score (nSPS) is 10.5. The van der Waals surface area contributed by atoms with Crippen molar-refractivity contribution in [2.45, 2.75) is 0 Å². The molecule has 8 heteroatoms. The largest absolute Gasteiger partial charge is 0.197 e. The third-order valence-corrected chi connectivity index (χ3v) is 2.02. The number of rotatable bonds is 2. The van der Waals surface area contributed by atoms with E-state index in [2.05, 4.69) is 41.0 Å². The van der Waals surface area contributed by atoms with Gasteiger partial charge in [0.25, 0.3) is 0 Å². The lowest BCUT2D eigenvalue weighted by Crippen LogP contribution is -1.91. The molecule has 0 aromatic carbocycles.